The van der Waals surface area contributed by atoms with Crippen molar-refractivity contribution in [2.75, 3.05) is 5.32 Å². The van der Waals surface area contributed by atoms with Crippen LogP contribution in [0, 0.1) is 34.1 Å². The summed E-state index contributed by atoms with van der Waals surface area (Å²) in [5.74, 6) is -0.346. The summed E-state index contributed by atoms with van der Waals surface area (Å²) in [7, 11) is 0. The summed E-state index contributed by atoms with van der Waals surface area (Å²) in [6, 6.07) is 13.6. The zero-order valence-electron chi connectivity index (χ0n) is 17.0. The number of nitrogens with one attached hydrogen (secondary N) is 1. The second-order valence-corrected chi connectivity index (χ2v) is 7.18. The molecule has 0 saturated heterocycles. The van der Waals surface area contributed by atoms with E-state index in [2.05, 4.69) is 10.3 Å². The van der Waals surface area contributed by atoms with Gasteiger partial charge in [-0.25, -0.2) is 4.98 Å². The molecule has 1 aromatic heterocycles. The second-order valence-electron chi connectivity index (χ2n) is 7.18. The third-order valence-corrected chi connectivity index (χ3v) is 4.94. The molecule has 0 atom stereocenters. The average Bonchev–Trinajstić information content (AvgIpc) is 3.20. The van der Waals surface area contributed by atoms with E-state index in [1.54, 1.807) is 25.1 Å². The molecule has 4 aromatic rings. The Labute approximate surface area is 180 Å². The van der Waals surface area contributed by atoms with Crippen LogP contribution in [0.1, 0.15) is 21.5 Å². The molecule has 0 aliphatic rings. The number of carbonyl (C=O) groups is 1. The van der Waals surface area contributed by atoms with Crippen LogP contribution in [0.25, 0.3) is 22.6 Å². The number of hydrogen-bond acceptors (Lipinski definition) is 7. The third kappa shape index (κ3) is 3.88. The number of rotatable bonds is 5. The standard InChI is InChI=1S/C22H16N4O6/c1-12-6-7-14(22-24-20-13(2)4-3-5-19(20)32-22)10-18(12)23-21(27)15-8-16(25(28)29)11-17(9-15)26(30)31/h3-11H,1-2H3,(H,23,27). The van der Waals surface area contributed by atoms with Gasteiger partial charge in [-0.2, -0.15) is 0 Å². The van der Waals surface area contributed by atoms with E-state index in [4.69, 9.17) is 4.42 Å². The van der Waals surface area contributed by atoms with Crippen molar-refractivity contribution >= 4 is 34.1 Å². The number of benzene rings is 3. The monoisotopic (exact) mass is 432 g/mol. The first-order valence-electron chi connectivity index (χ1n) is 9.45. The third-order valence-electron chi connectivity index (χ3n) is 4.94. The molecule has 0 saturated carbocycles. The maximum atomic E-state index is 12.8. The zero-order valence-corrected chi connectivity index (χ0v) is 17.0. The molecule has 10 heteroatoms. The lowest BCUT2D eigenvalue weighted by atomic mass is 10.1. The molecule has 3 aromatic carbocycles. The molecule has 0 fully saturated rings. The van der Waals surface area contributed by atoms with Crippen molar-refractivity contribution in [3.8, 4) is 11.5 Å². The van der Waals surface area contributed by atoms with Gasteiger partial charge in [0.15, 0.2) is 5.58 Å². The number of nitrogens with zero attached hydrogens (tertiary/aromatic N) is 3. The Morgan fingerprint density at radius 1 is 0.938 bits per heavy atom. The van der Waals surface area contributed by atoms with E-state index in [-0.39, 0.29) is 5.56 Å². The number of para-hydroxylation sites is 1. The lowest BCUT2D eigenvalue weighted by Gasteiger charge is -2.10. The number of carbonyl (C=O) groups excluding carboxylic acids is 1. The van der Waals surface area contributed by atoms with Gasteiger partial charge in [-0.15, -0.1) is 0 Å². The predicted octanol–water partition coefficient (Wildman–Crippen LogP) is 5.18. The molecule has 0 radical (unpaired) electrons. The summed E-state index contributed by atoms with van der Waals surface area (Å²) in [4.78, 5) is 37.9. The zero-order chi connectivity index (χ0) is 23.0. The van der Waals surface area contributed by atoms with E-state index in [0.29, 0.717) is 28.3 Å². The molecule has 10 nitrogen and oxygen atoms in total. The van der Waals surface area contributed by atoms with Crippen molar-refractivity contribution in [3.63, 3.8) is 0 Å². The number of aryl methyl sites for hydroxylation is 2. The molecular formula is C22H16N4O6. The molecule has 0 aliphatic carbocycles. The molecule has 1 amide bonds. The molecule has 0 bridgehead atoms. The number of hydrogen-bond donors (Lipinski definition) is 1. The van der Waals surface area contributed by atoms with Gasteiger partial charge in [0, 0.05) is 23.4 Å². The number of oxazole rings is 1. The minimum absolute atomic E-state index is 0.201. The Bertz CT molecular complexity index is 1380. The molecule has 32 heavy (non-hydrogen) atoms. The highest BCUT2D eigenvalue weighted by molar-refractivity contribution is 6.05. The van der Waals surface area contributed by atoms with Gasteiger partial charge in [0.05, 0.1) is 21.5 Å². The van der Waals surface area contributed by atoms with Crippen molar-refractivity contribution < 1.29 is 19.1 Å². The van der Waals surface area contributed by atoms with Crippen LogP contribution in [-0.2, 0) is 0 Å². The molecule has 1 N–H and O–H groups in total. The molecule has 160 valence electrons. The Kier molecular flexibility index (Phi) is 5.11. The highest BCUT2D eigenvalue weighted by Gasteiger charge is 2.20. The van der Waals surface area contributed by atoms with E-state index in [9.17, 15) is 25.0 Å². The van der Waals surface area contributed by atoms with Crippen LogP contribution in [0.15, 0.2) is 59.0 Å². The Hall–Kier alpha value is -4.60. The molecule has 0 spiro atoms. The first kappa shape index (κ1) is 20.7. The number of aromatic nitrogens is 1. The number of nitro groups is 2. The van der Waals surface area contributed by atoms with Crippen LogP contribution in [-0.4, -0.2) is 20.7 Å². The van der Waals surface area contributed by atoms with Crippen LogP contribution in [0.5, 0.6) is 0 Å². The van der Waals surface area contributed by atoms with Gasteiger partial charge in [-0.05, 0) is 43.2 Å². The number of non-ortho nitro benzene ring substituents is 2. The second kappa shape index (κ2) is 7.91. The van der Waals surface area contributed by atoms with Gasteiger partial charge < -0.3 is 9.73 Å². The predicted molar refractivity (Wildman–Crippen MR) is 117 cm³/mol. The summed E-state index contributed by atoms with van der Waals surface area (Å²) in [6.45, 7) is 3.69. The van der Waals surface area contributed by atoms with Crippen molar-refractivity contribution in [1.29, 1.82) is 0 Å². The Morgan fingerprint density at radius 2 is 1.62 bits per heavy atom. The molecule has 0 unspecified atom stereocenters. The van der Waals surface area contributed by atoms with E-state index in [1.165, 1.54) is 0 Å². The topological polar surface area (TPSA) is 141 Å². The first-order chi connectivity index (χ1) is 15.2. The molecular weight excluding hydrogens is 416 g/mol. The van der Waals surface area contributed by atoms with E-state index in [0.717, 1.165) is 29.3 Å². The quantitative estimate of drug-likeness (QED) is 0.338. The van der Waals surface area contributed by atoms with Crippen molar-refractivity contribution in [2.24, 2.45) is 0 Å². The van der Waals surface area contributed by atoms with Crippen LogP contribution in [0.3, 0.4) is 0 Å². The maximum absolute atomic E-state index is 12.8. The average molecular weight is 432 g/mol. The van der Waals surface area contributed by atoms with Gasteiger partial charge >= 0.3 is 0 Å². The van der Waals surface area contributed by atoms with Crippen LogP contribution >= 0.6 is 0 Å². The normalized spacial score (nSPS) is 10.8. The molecule has 4 rings (SSSR count). The van der Waals surface area contributed by atoms with Gasteiger partial charge in [0.1, 0.15) is 5.52 Å². The van der Waals surface area contributed by atoms with Crippen molar-refractivity contribution in [2.45, 2.75) is 13.8 Å². The van der Waals surface area contributed by atoms with Gasteiger partial charge in [-0.1, -0.05) is 18.2 Å². The number of fused-ring (bicyclic) bond motifs is 1. The summed E-state index contributed by atoms with van der Waals surface area (Å²) in [5, 5.41) is 24.9. The summed E-state index contributed by atoms with van der Waals surface area (Å²) in [5.41, 5.74) is 2.79. The van der Waals surface area contributed by atoms with Crippen molar-refractivity contribution in [1.82, 2.24) is 4.98 Å². The minimum atomic E-state index is -0.787. The first-order valence-corrected chi connectivity index (χ1v) is 9.45. The fourth-order valence-corrected chi connectivity index (χ4v) is 3.23. The summed E-state index contributed by atoms with van der Waals surface area (Å²) in [6.07, 6.45) is 0. The highest BCUT2D eigenvalue weighted by atomic mass is 16.6. The largest absolute Gasteiger partial charge is 0.436 e. The van der Waals surface area contributed by atoms with Crippen molar-refractivity contribution in [3.05, 3.63) is 91.5 Å². The van der Waals surface area contributed by atoms with Crippen LogP contribution in [0.2, 0.25) is 0 Å². The van der Waals surface area contributed by atoms with Gasteiger partial charge in [0.2, 0.25) is 5.89 Å². The molecule has 1 heterocycles. The van der Waals surface area contributed by atoms with E-state index >= 15 is 0 Å². The Morgan fingerprint density at radius 3 is 2.25 bits per heavy atom. The van der Waals surface area contributed by atoms with E-state index in [1.807, 2.05) is 25.1 Å². The maximum Gasteiger partial charge on any atom is 0.277 e. The number of amides is 1. The lowest BCUT2D eigenvalue weighted by Crippen LogP contribution is -2.13. The Balaban J connectivity index is 1.69. The SMILES string of the molecule is Cc1ccc(-c2nc3c(C)cccc3o2)cc1NC(=O)c1cc([N+](=O)[O-])cc([N+](=O)[O-])c1. The number of nitro benzene ring substituents is 2. The number of anilines is 1. The van der Waals surface area contributed by atoms with Crippen LogP contribution < -0.4 is 5.32 Å². The van der Waals surface area contributed by atoms with Gasteiger partial charge in [-0.3, -0.25) is 25.0 Å². The van der Waals surface area contributed by atoms with Crippen LogP contribution in [0.4, 0.5) is 17.1 Å². The van der Waals surface area contributed by atoms with Gasteiger partial charge in [0.25, 0.3) is 17.3 Å². The minimum Gasteiger partial charge on any atom is -0.436 e. The molecule has 0 aliphatic heterocycles. The summed E-state index contributed by atoms with van der Waals surface area (Å²) < 4.78 is 5.83. The fraction of sp³-hybridized carbons (Fsp3) is 0.0909. The lowest BCUT2D eigenvalue weighted by molar-refractivity contribution is -0.394. The van der Waals surface area contributed by atoms with E-state index < -0.39 is 27.1 Å². The fourth-order valence-electron chi connectivity index (χ4n) is 3.23. The smallest absolute Gasteiger partial charge is 0.277 e. The summed E-state index contributed by atoms with van der Waals surface area (Å²) >= 11 is 0. The highest BCUT2D eigenvalue weighted by Crippen LogP contribution is 2.30.